The van der Waals surface area contributed by atoms with E-state index in [1.165, 1.54) is 48.5 Å². The number of hydrogen-bond acceptors (Lipinski definition) is 4. The minimum atomic E-state index is 0.871. The molecule has 4 heteroatoms. The average molecular weight is 429 g/mol. The molecule has 7 aromatic rings. The molecule has 0 N–H and O–H groups in total. The number of thiol groups is 4. The van der Waals surface area contributed by atoms with Crippen LogP contribution in [0.4, 0.5) is 0 Å². The van der Waals surface area contributed by atoms with Crippen molar-refractivity contribution in [2.75, 3.05) is 0 Å². The van der Waals surface area contributed by atoms with Gasteiger partial charge < -0.3 is 0 Å². The van der Waals surface area contributed by atoms with E-state index in [1.807, 2.05) is 0 Å². The average Bonchev–Trinajstić information content (AvgIpc) is 2.72. The summed E-state index contributed by atoms with van der Waals surface area (Å²) in [4.78, 5) is 3.55. The van der Waals surface area contributed by atoms with Crippen LogP contribution in [0.2, 0.25) is 0 Å². The van der Waals surface area contributed by atoms with Gasteiger partial charge in [0.15, 0.2) is 0 Å². The van der Waals surface area contributed by atoms with Crippen molar-refractivity contribution < 1.29 is 0 Å². The van der Waals surface area contributed by atoms with Gasteiger partial charge in [-0.15, -0.1) is 50.5 Å². The summed E-state index contributed by atoms with van der Waals surface area (Å²) >= 11 is 19.5. The van der Waals surface area contributed by atoms with E-state index < -0.39 is 0 Å². The first kappa shape index (κ1) is 16.1. The second kappa shape index (κ2) is 5.06. The third-order valence-electron chi connectivity index (χ3n) is 6.33. The second-order valence-electron chi connectivity index (χ2n) is 7.55. The van der Waals surface area contributed by atoms with Gasteiger partial charge in [-0.3, -0.25) is 0 Å². The Morgan fingerprint density at radius 1 is 0.321 bits per heavy atom. The van der Waals surface area contributed by atoms with E-state index in [-0.39, 0.29) is 0 Å². The molecule has 0 aromatic heterocycles. The third-order valence-corrected chi connectivity index (χ3v) is 8.51. The van der Waals surface area contributed by atoms with Crippen LogP contribution in [0.15, 0.2) is 68.1 Å². The van der Waals surface area contributed by atoms with E-state index in [9.17, 15) is 0 Å². The highest BCUT2D eigenvalue weighted by Crippen LogP contribution is 2.53. The lowest BCUT2D eigenvalue weighted by Crippen LogP contribution is -1.96. The monoisotopic (exact) mass is 428 g/mol. The largest absolute Gasteiger partial charge is 0.142 e. The first-order valence-corrected chi connectivity index (χ1v) is 10.8. The van der Waals surface area contributed by atoms with Gasteiger partial charge in [0.1, 0.15) is 0 Å². The Morgan fingerprint density at radius 3 is 1.11 bits per heavy atom. The fraction of sp³-hybridized carbons (Fsp3) is 0. The molecule has 0 aliphatic carbocycles. The van der Waals surface area contributed by atoms with E-state index in [1.54, 1.807) is 0 Å². The van der Waals surface area contributed by atoms with Gasteiger partial charge in [0, 0.05) is 30.4 Å². The van der Waals surface area contributed by atoms with Crippen molar-refractivity contribution in [3.05, 3.63) is 48.5 Å². The summed E-state index contributed by atoms with van der Waals surface area (Å²) in [7, 11) is 0. The van der Waals surface area contributed by atoms with Gasteiger partial charge in [0.05, 0.1) is 0 Å². The lowest BCUT2D eigenvalue weighted by atomic mass is 9.83. The summed E-state index contributed by atoms with van der Waals surface area (Å²) in [6.45, 7) is 0. The molecule has 132 valence electrons. The number of rotatable bonds is 0. The Hall–Kier alpha value is -1.72. The highest BCUT2D eigenvalue weighted by atomic mass is 32.1. The van der Waals surface area contributed by atoms with Crippen LogP contribution in [0.3, 0.4) is 0 Å². The molecular formula is C24H12S4. The minimum Gasteiger partial charge on any atom is -0.142 e. The van der Waals surface area contributed by atoms with Crippen LogP contribution in [0.5, 0.6) is 0 Å². The van der Waals surface area contributed by atoms with Crippen molar-refractivity contribution in [2.45, 2.75) is 19.6 Å². The molecule has 0 radical (unpaired) electrons. The SMILES string of the molecule is Sc1c(S)c2c(S)c(S)c3ccc4ccc5ccc6ccc1c1c6c5c4c3c21. The lowest BCUT2D eigenvalue weighted by molar-refractivity contribution is 1.30. The van der Waals surface area contributed by atoms with Gasteiger partial charge >= 0.3 is 0 Å². The molecule has 0 aliphatic heterocycles. The van der Waals surface area contributed by atoms with Gasteiger partial charge in [0.2, 0.25) is 0 Å². The van der Waals surface area contributed by atoms with E-state index in [0.29, 0.717) is 0 Å². The molecule has 0 amide bonds. The highest BCUT2D eigenvalue weighted by Gasteiger charge is 2.25. The van der Waals surface area contributed by atoms with Crippen LogP contribution in [-0.4, -0.2) is 0 Å². The maximum absolute atomic E-state index is 4.88. The summed E-state index contributed by atoms with van der Waals surface area (Å²) in [6.07, 6.45) is 0. The molecule has 0 unspecified atom stereocenters. The first-order chi connectivity index (χ1) is 13.6. The highest BCUT2D eigenvalue weighted by molar-refractivity contribution is 7.84. The van der Waals surface area contributed by atoms with Crippen LogP contribution in [0.1, 0.15) is 0 Å². The van der Waals surface area contributed by atoms with Gasteiger partial charge in [-0.1, -0.05) is 48.5 Å². The van der Waals surface area contributed by atoms with Crippen molar-refractivity contribution in [1.29, 1.82) is 0 Å². The summed E-state index contributed by atoms with van der Waals surface area (Å²) in [5, 5.41) is 14.8. The van der Waals surface area contributed by atoms with Crippen LogP contribution in [0, 0.1) is 0 Å². The van der Waals surface area contributed by atoms with Crippen LogP contribution in [0.25, 0.3) is 64.6 Å². The van der Waals surface area contributed by atoms with Crippen LogP contribution in [-0.2, 0) is 0 Å². The summed E-state index contributed by atoms with van der Waals surface area (Å²) in [5.41, 5.74) is 0. The normalized spacial score (nSPS) is 13.0. The lowest BCUT2D eigenvalue weighted by Gasteiger charge is -2.24. The maximum Gasteiger partial charge on any atom is 0.0271 e. The molecule has 7 aromatic carbocycles. The summed E-state index contributed by atoms with van der Waals surface area (Å²) in [6, 6.07) is 17.7. The fourth-order valence-electron chi connectivity index (χ4n) is 5.18. The summed E-state index contributed by atoms with van der Waals surface area (Å²) < 4.78 is 0. The zero-order chi connectivity index (χ0) is 18.9. The standard InChI is InChI=1S/C24H12S4/c25-21-12-7-5-10-3-1-9-2-4-11-6-8-13-18-16(11)14(9)15(10)17(12)19(18)20(23(21)27)24(28)22(13)26/h1-8,25-28H. The molecule has 0 atom stereocenters. The Balaban J connectivity index is 2.10. The van der Waals surface area contributed by atoms with Gasteiger partial charge in [-0.05, 0) is 53.9 Å². The van der Waals surface area contributed by atoms with Crippen molar-refractivity contribution in [2.24, 2.45) is 0 Å². The van der Waals surface area contributed by atoms with Crippen LogP contribution >= 0.6 is 50.5 Å². The van der Waals surface area contributed by atoms with Crippen molar-refractivity contribution in [3.63, 3.8) is 0 Å². The van der Waals surface area contributed by atoms with Crippen molar-refractivity contribution in [1.82, 2.24) is 0 Å². The van der Waals surface area contributed by atoms with Crippen molar-refractivity contribution in [3.8, 4) is 0 Å². The zero-order valence-corrected chi connectivity index (χ0v) is 18.0. The third kappa shape index (κ3) is 1.61. The Bertz CT molecular complexity index is 1620. The molecule has 0 bridgehead atoms. The van der Waals surface area contributed by atoms with Crippen molar-refractivity contribution >= 4 is 115 Å². The Labute approximate surface area is 182 Å². The molecule has 0 saturated carbocycles. The van der Waals surface area contributed by atoms with E-state index in [4.69, 9.17) is 50.5 Å². The molecular weight excluding hydrogens is 417 g/mol. The van der Waals surface area contributed by atoms with E-state index in [0.717, 1.165) is 35.7 Å². The van der Waals surface area contributed by atoms with Gasteiger partial charge in [0.25, 0.3) is 0 Å². The Morgan fingerprint density at radius 2 is 0.679 bits per heavy atom. The molecule has 0 nitrogen and oxygen atoms in total. The first-order valence-electron chi connectivity index (χ1n) is 9.04. The zero-order valence-electron chi connectivity index (χ0n) is 14.4. The predicted octanol–water partition coefficient (Wildman–Crippen LogP) is 8.07. The number of hydrogen-bond donors (Lipinski definition) is 4. The molecule has 7 rings (SSSR count). The fourth-order valence-corrected chi connectivity index (χ4v) is 6.55. The Kier molecular flexibility index (Phi) is 2.91. The molecule has 0 aliphatic rings. The predicted molar refractivity (Wildman–Crippen MR) is 134 cm³/mol. The maximum atomic E-state index is 4.88. The summed E-state index contributed by atoms with van der Waals surface area (Å²) in [5.74, 6) is 0. The quantitative estimate of drug-likeness (QED) is 0.105. The van der Waals surface area contributed by atoms with Gasteiger partial charge in [-0.2, -0.15) is 0 Å². The van der Waals surface area contributed by atoms with E-state index in [2.05, 4.69) is 48.5 Å². The van der Waals surface area contributed by atoms with E-state index >= 15 is 0 Å². The number of benzene rings is 7. The van der Waals surface area contributed by atoms with Crippen LogP contribution < -0.4 is 0 Å². The molecule has 0 fully saturated rings. The topological polar surface area (TPSA) is 0 Å². The molecule has 28 heavy (non-hydrogen) atoms. The molecule has 0 heterocycles. The molecule has 0 saturated heterocycles. The smallest absolute Gasteiger partial charge is 0.0271 e. The molecule has 0 spiro atoms. The van der Waals surface area contributed by atoms with Gasteiger partial charge in [-0.25, -0.2) is 0 Å². The minimum absolute atomic E-state index is 0.871. The second-order valence-corrected chi connectivity index (χ2v) is 9.33.